The lowest BCUT2D eigenvalue weighted by Crippen LogP contribution is -2.35. The Balaban J connectivity index is 1.54. The number of halogens is 1. The van der Waals surface area contributed by atoms with E-state index in [0.717, 1.165) is 58.7 Å². The SMILES string of the molecule is Cn1cc(C(=S)NCc2ccc(F)cc2)c(=S)c2cc(CN3CCOCC3)sc21. The molecule has 0 radical (unpaired) electrons. The van der Waals surface area contributed by atoms with Crippen molar-refractivity contribution in [2.24, 2.45) is 7.05 Å². The van der Waals surface area contributed by atoms with Crippen LogP contribution in [0.25, 0.3) is 10.2 Å². The number of ether oxygens (including phenoxy) is 1. The Morgan fingerprint density at radius 3 is 2.69 bits per heavy atom. The molecule has 1 fully saturated rings. The Bertz CT molecular complexity index is 1080. The highest BCUT2D eigenvalue weighted by Gasteiger charge is 2.15. The van der Waals surface area contributed by atoms with Gasteiger partial charge in [0.25, 0.3) is 0 Å². The fourth-order valence-corrected chi connectivity index (χ4v) is 5.22. The van der Waals surface area contributed by atoms with Crippen molar-refractivity contribution in [1.82, 2.24) is 14.8 Å². The third-order valence-corrected chi connectivity index (χ3v) is 7.00. The second kappa shape index (κ2) is 8.97. The lowest BCUT2D eigenvalue weighted by molar-refractivity contribution is 0.0346. The molecule has 3 aromatic rings. The molecule has 0 aliphatic carbocycles. The van der Waals surface area contributed by atoms with Crippen molar-refractivity contribution >= 4 is 51.0 Å². The van der Waals surface area contributed by atoms with Crippen LogP contribution in [0.15, 0.2) is 36.5 Å². The Hall–Kier alpha value is -1.71. The van der Waals surface area contributed by atoms with E-state index in [0.29, 0.717) is 11.5 Å². The third kappa shape index (κ3) is 4.73. The quantitative estimate of drug-likeness (QED) is 0.586. The molecule has 0 atom stereocenters. The average molecular weight is 448 g/mol. The molecule has 29 heavy (non-hydrogen) atoms. The van der Waals surface area contributed by atoms with Gasteiger partial charge >= 0.3 is 0 Å². The summed E-state index contributed by atoms with van der Waals surface area (Å²) in [5.41, 5.74) is 1.82. The number of nitrogens with zero attached hydrogens (tertiary/aromatic N) is 2. The van der Waals surface area contributed by atoms with Gasteiger partial charge in [0, 0.05) is 55.3 Å². The first-order chi connectivity index (χ1) is 14.0. The fourth-order valence-electron chi connectivity index (χ4n) is 3.41. The van der Waals surface area contributed by atoms with Crippen LogP contribution in [0.2, 0.25) is 0 Å². The van der Waals surface area contributed by atoms with Crippen LogP contribution in [0, 0.1) is 10.3 Å². The van der Waals surface area contributed by atoms with E-state index in [4.69, 9.17) is 29.2 Å². The van der Waals surface area contributed by atoms with E-state index in [1.807, 2.05) is 13.2 Å². The monoisotopic (exact) mass is 447 g/mol. The van der Waals surface area contributed by atoms with E-state index in [1.165, 1.54) is 17.0 Å². The number of aromatic nitrogens is 1. The minimum Gasteiger partial charge on any atom is -0.379 e. The zero-order valence-corrected chi connectivity index (χ0v) is 18.6. The van der Waals surface area contributed by atoms with E-state index >= 15 is 0 Å². The largest absolute Gasteiger partial charge is 0.379 e. The Morgan fingerprint density at radius 1 is 1.24 bits per heavy atom. The van der Waals surface area contributed by atoms with Crippen molar-refractivity contribution in [3.63, 3.8) is 0 Å². The minimum atomic E-state index is -0.244. The number of pyridine rings is 1. The Kier molecular flexibility index (Phi) is 6.36. The van der Waals surface area contributed by atoms with Crippen LogP contribution in [0.1, 0.15) is 16.0 Å². The molecule has 2 aromatic heterocycles. The molecule has 1 aliphatic heterocycles. The maximum atomic E-state index is 13.1. The van der Waals surface area contributed by atoms with Crippen molar-refractivity contribution in [1.29, 1.82) is 0 Å². The van der Waals surface area contributed by atoms with Crippen molar-refractivity contribution in [3.8, 4) is 0 Å². The number of hydrogen-bond acceptors (Lipinski definition) is 5. The molecule has 0 amide bonds. The van der Waals surface area contributed by atoms with E-state index in [-0.39, 0.29) is 5.82 Å². The smallest absolute Gasteiger partial charge is 0.123 e. The van der Waals surface area contributed by atoms with Gasteiger partial charge in [-0.05, 0) is 23.8 Å². The summed E-state index contributed by atoms with van der Waals surface area (Å²) >= 11 is 13.2. The summed E-state index contributed by atoms with van der Waals surface area (Å²) in [5, 5.41) is 4.32. The van der Waals surface area contributed by atoms with Gasteiger partial charge in [-0.25, -0.2) is 4.39 Å². The third-order valence-electron chi connectivity index (χ3n) is 4.99. The Labute approximate surface area is 183 Å². The number of benzene rings is 1. The van der Waals surface area contributed by atoms with Crippen molar-refractivity contribution in [2.45, 2.75) is 13.1 Å². The standard InChI is InChI=1S/C21H22FN3OS3/c1-24-13-18(20(28)23-11-14-2-4-15(22)5-3-14)19(27)17-10-16(29-21(17)24)12-25-6-8-26-9-7-25/h2-5,10,13H,6-9,11-12H2,1H3,(H,23,28). The maximum absolute atomic E-state index is 13.1. The summed E-state index contributed by atoms with van der Waals surface area (Å²) in [7, 11) is 2.03. The van der Waals surface area contributed by atoms with Crippen LogP contribution in [0.3, 0.4) is 0 Å². The van der Waals surface area contributed by atoms with E-state index in [1.54, 1.807) is 23.5 Å². The summed E-state index contributed by atoms with van der Waals surface area (Å²) in [4.78, 5) is 5.47. The minimum absolute atomic E-state index is 0.244. The topological polar surface area (TPSA) is 29.4 Å². The Morgan fingerprint density at radius 2 is 1.97 bits per heavy atom. The van der Waals surface area contributed by atoms with Gasteiger partial charge in [-0.2, -0.15) is 0 Å². The average Bonchev–Trinajstić information content (AvgIpc) is 3.15. The molecule has 1 aromatic carbocycles. The van der Waals surface area contributed by atoms with Gasteiger partial charge in [0.2, 0.25) is 0 Å². The van der Waals surface area contributed by atoms with Gasteiger partial charge in [-0.3, -0.25) is 4.90 Å². The highest BCUT2D eigenvalue weighted by atomic mass is 32.1. The molecule has 1 aliphatic rings. The lowest BCUT2D eigenvalue weighted by Gasteiger charge is -2.25. The van der Waals surface area contributed by atoms with Crippen molar-refractivity contribution < 1.29 is 9.13 Å². The first-order valence-corrected chi connectivity index (χ1v) is 11.1. The maximum Gasteiger partial charge on any atom is 0.123 e. The van der Waals surface area contributed by atoms with Gasteiger partial charge in [0.15, 0.2) is 0 Å². The van der Waals surface area contributed by atoms with Crippen LogP contribution in [-0.2, 0) is 24.9 Å². The van der Waals surface area contributed by atoms with Gasteiger partial charge < -0.3 is 14.6 Å². The zero-order valence-electron chi connectivity index (χ0n) is 16.1. The molecule has 4 rings (SSSR count). The van der Waals surface area contributed by atoms with Crippen molar-refractivity contribution in [3.05, 3.63) is 62.9 Å². The van der Waals surface area contributed by atoms with Gasteiger partial charge in [0.05, 0.1) is 17.7 Å². The number of thiocarbonyl (C=S) groups is 1. The molecule has 0 spiro atoms. The van der Waals surface area contributed by atoms with Crippen LogP contribution in [0.4, 0.5) is 4.39 Å². The summed E-state index contributed by atoms with van der Waals surface area (Å²) in [6.07, 6.45) is 2.00. The van der Waals surface area contributed by atoms with E-state index < -0.39 is 0 Å². The summed E-state index contributed by atoms with van der Waals surface area (Å²) in [5.74, 6) is -0.244. The summed E-state index contributed by atoms with van der Waals surface area (Å²) in [6, 6.07) is 8.60. The molecule has 4 nitrogen and oxygen atoms in total. The number of hydrogen-bond donors (Lipinski definition) is 1. The molecule has 0 saturated carbocycles. The predicted molar refractivity (Wildman–Crippen MR) is 123 cm³/mol. The van der Waals surface area contributed by atoms with Crippen LogP contribution < -0.4 is 5.32 Å². The number of fused-ring (bicyclic) bond motifs is 1. The number of thiophene rings is 1. The lowest BCUT2D eigenvalue weighted by atomic mass is 10.2. The molecular weight excluding hydrogens is 425 g/mol. The molecule has 152 valence electrons. The normalized spacial score (nSPS) is 15.0. The highest BCUT2D eigenvalue weighted by Crippen LogP contribution is 2.29. The fraction of sp³-hybridized carbons (Fsp3) is 0.333. The van der Waals surface area contributed by atoms with Crippen LogP contribution in [0.5, 0.6) is 0 Å². The van der Waals surface area contributed by atoms with Gasteiger partial charge in [0.1, 0.15) is 15.6 Å². The highest BCUT2D eigenvalue weighted by molar-refractivity contribution is 7.80. The molecule has 0 bridgehead atoms. The molecular formula is C21H22FN3OS3. The predicted octanol–water partition coefficient (Wildman–Crippen LogP) is 4.41. The summed E-state index contributed by atoms with van der Waals surface area (Å²) in [6.45, 7) is 4.96. The molecule has 8 heteroatoms. The second-order valence-corrected chi connectivity index (χ2v) is 9.04. The van der Waals surface area contributed by atoms with Gasteiger partial charge in [-0.15, -0.1) is 11.3 Å². The second-order valence-electron chi connectivity index (χ2n) is 7.11. The molecule has 0 unspecified atom stereocenters. The molecule has 1 N–H and O–H groups in total. The molecule has 1 saturated heterocycles. The summed E-state index contributed by atoms with van der Waals surface area (Å²) < 4.78 is 21.4. The van der Waals surface area contributed by atoms with Crippen molar-refractivity contribution in [2.75, 3.05) is 26.3 Å². The van der Waals surface area contributed by atoms with Crippen LogP contribution >= 0.6 is 35.8 Å². The zero-order chi connectivity index (χ0) is 20.4. The van der Waals surface area contributed by atoms with Gasteiger partial charge in [-0.1, -0.05) is 36.6 Å². The number of rotatable bonds is 5. The molecule has 3 heterocycles. The number of morpholine rings is 1. The van der Waals surface area contributed by atoms with E-state index in [9.17, 15) is 4.39 Å². The van der Waals surface area contributed by atoms with Crippen LogP contribution in [-0.4, -0.2) is 40.8 Å². The first kappa shape index (κ1) is 20.6. The number of aryl methyl sites for hydroxylation is 1. The number of nitrogens with one attached hydrogen (secondary N) is 1. The van der Waals surface area contributed by atoms with E-state index in [2.05, 4.69) is 20.9 Å². The first-order valence-electron chi connectivity index (χ1n) is 9.46.